The van der Waals surface area contributed by atoms with Gasteiger partial charge in [-0.2, -0.15) is 0 Å². The number of hydrogen-bond acceptors (Lipinski definition) is 0. The lowest BCUT2D eigenvalue weighted by molar-refractivity contribution is 0.214. The summed E-state index contributed by atoms with van der Waals surface area (Å²) in [5.74, 6) is 4.72. The Balaban J connectivity index is 2.27. The van der Waals surface area contributed by atoms with Crippen LogP contribution in [0.15, 0.2) is 0 Å². The second-order valence-corrected chi connectivity index (χ2v) is 6.86. The molecule has 1 fully saturated rings. The van der Waals surface area contributed by atoms with Crippen molar-refractivity contribution >= 4 is 0 Å². The topological polar surface area (TPSA) is 0 Å². The van der Waals surface area contributed by atoms with E-state index in [1.807, 2.05) is 0 Å². The molecule has 1 aliphatic carbocycles. The summed E-state index contributed by atoms with van der Waals surface area (Å²) < 4.78 is 0. The van der Waals surface area contributed by atoms with Crippen LogP contribution in [0.5, 0.6) is 0 Å². The fourth-order valence-corrected chi connectivity index (χ4v) is 3.48. The van der Waals surface area contributed by atoms with Gasteiger partial charge in [-0.25, -0.2) is 0 Å². The van der Waals surface area contributed by atoms with Crippen molar-refractivity contribution in [3.8, 4) is 0 Å². The minimum Gasteiger partial charge on any atom is -0.0625 e. The highest BCUT2D eigenvalue weighted by atomic mass is 14.3. The van der Waals surface area contributed by atoms with Gasteiger partial charge in [-0.1, -0.05) is 66.7 Å². The van der Waals surface area contributed by atoms with Crippen LogP contribution in [0.1, 0.15) is 73.1 Å². The van der Waals surface area contributed by atoms with E-state index in [0.29, 0.717) is 0 Å². The average Bonchev–Trinajstić information content (AvgIpc) is 2.20. The lowest BCUT2D eigenvalue weighted by Crippen LogP contribution is -2.19. The SMILES string of the molecule is CC1CCC(CCC(C(C)C)C(C)C)CC1. The van der Waals surface area contributed by atoms with Gasteiger partial charge in [0.05, 0.1) is 0 Å². The quantitative estimate of drug-likeness (QED) is 0.576. The first-order valence-electron chi connectivity index (χ1n) is 7.50. The predicted molar refractivity (Wildman–Crippen MR) is 73.5 cm³/mol. The molecule has 0 aliphatic heterocycles. The van der Waals surface area contributed by atoms with Crippen molar-refractivity contribution in [2.45, 2.75) is 73.1 Å². The van der Waals surface area contributed by atoms with Gasteiger partial charge in [0.25, 0.3) is 0 Å². The van der Waals surface area contributed by atoms with Crippen molar-refractivity contribution < 1.29 is 0 Å². The van der Waals surface area contributed by atoms with Crippen molar-refractivity contribution in [1.82, 2.24) is 0 Å². The number of hydrogen-bond donors (Lipinski definition) is 0. The standard InChI is InChI=1S/C16H32/c1-12(2)16(13(3)4)11-10-15-8-6-14(5)7-9-15/h12-16H,6-11H2,1-5H3. The molecule has 0 N–H and O–H groups in total. The Hall–Kier alpha value is 0. The minimum absolute atomic E-state index is 0.863. The van der Waals surface area contributed by atoms with Crippen LogP contribution < -0.4 is 0 Å². The van der Waals surface area contributed by atoms with Gasteiger partial charge in [0, 0.05) is 0 Å². The van der Waals surface area contributed by atoms with Gasteiger partial charge in [-0.15, -0.1) is 0 Å². The molecule has 0 aromatic rings. The zero-order chi connectivity index (χ0) is 12.1. The fourth-order valence-electron chi connectivity index (χ4n) is 3.48. The third-order valence-corrected chi connectivity index (χ3v) is 4.76. The molecular weight excluding hydrogens is 192 g/mol. The lowest BCUT2D eigenvalue weighted by atomic mass is 9.76. The molecule has 1 aliphatic rings. The van der Waals surface area contributed by atoms with E-state index in [1.54, 1.807) is 0 Å². The van der Waals surface area contributed by atoms with E-state index < -0.39 is 0 Å². The van der Waals surface area contributed by atoms with Gasteiger partial charge in [0.2, 0.25) is 0 Å². The van der Waals surface area contributed by atoms with Crippen molar-refractivity contribution in [2.24, 2.45) is 29.6 Å². The average molecular weight is 224 g/mol. The van der Waals surface area contributed by atoms with Gasteiger partial charge >= 0.3 is 0 Å². The molecule has 0 heteroatoms. The van der Waals surface area contributed by atoms with Crippen LogP contribution in [0, 0.1) is 29.6 Å². The summed E-state index contributed by atoms with van der Waals surface area (Å²) in [6.07, 6.45) is 8.94. The molecule has 0 aromatic carbocycles. The molecule has 0 nitrogen and oxygen atoms in total. The Labute approximate surface area is 103 Å². The molecule has 0 spiro atoms. The normalized spacial score (nSPS) is 27.0. The van der Waals surface area contributed by atoms with Crippen molar-refractivity contribution in [2.75, 3.05) is 0 Å². The van der Waals surface area contributed by atoms with Crippen LogP contribution in [-0.2, 0) is 0 Å². The zero-order valence-corrected chi connectivity index (χ0v) is 12.1. The minimum atomic E-state index is 0.863. The van der Waals surface area contributed by atoms with Gasteiger partial charge in [-0.05, 0) is 36.0 Å². The maximum Gasteiger partial charge on any atom is -0.0368 e. The first kappa shape index (κ1) is 14.1. The highest BCUT2D eigenvalue weighted by Gasteiger charge is 2.22. The van der Waals surface area contributed by atoms with E-state index in [-0.39, 0.29) is 0 Å². The highest BCUT2D eigenvalue weighted by Crippen LogP contribution is 2.34. The van der Waals surface area contributed by atoms with Gasteiger partial charge in [0.15, 0.2) is 0 Å². The zero-order valence-electron chi connectivity index (χ0n) is 12.1. The molecular formula is C16H32. The van der Waals surface area contributed by atoms with Crippen LogP contribution in [0.3, 0.4) is 0 Å². The van der Waals surface area contributed by atoms with Crippen LogP contribution in [0.4, 0.5) is 0 Å². The van der Waals surface area contributed by atoms with Gasteiger partial charge in [-0.3, -0.25) is 0 Å². The predicted octanol–water partition coefficient (Wildman–Crippen LogP) is 5.52. The van der Waals surface area contributed by atoms with E-state index in [2.05, 4.69) is 34.6 Å². The Morgan fingerprint density at radius 3 is 1.81 bits per heavy atom. The van der Waals surface area contributed by atoms with E-state index in [1.165, 1.54) is 38.5 Å². The summed E-state index contributed by atoms with van der Waals surface area (Å²) in [6.45, 7) is 12.0. The summed E-state index contributed by atoms with van der Waals surface area (Å²) in [6, 6.07) is 0. The summed E-state index contributed by atoms with van der Waals surface area (Å²) in [4.78, 5) is 0. The molecule has 0 heterocycles. The first-order chi connectivity index (χ1) is 7.50. The third kappa shape index (κ3) is 4.47. The second kappa shape index (κ2) is 6.67. The molecule has 0 aromatic heterocycles. The Morgan fingerprint density at radius 2 is 1.38 bits per heavy atom. The molecule has 0 unspecified atom stereocenters. The second-order valence-electron chi connectivity index (χ2n) is 6.86. The number of rotatable bonds is 5. The van der Waals surface area contributed by atoms with Crippen molar-refractivity contribution in [1.29, 1.82) is 0 Å². The smallest absolute Gasteiger partial charge is 0.0368 e. The summed E-state index contributed by atoms with van der Waals surface area (Å²) in [7, 11) is 0. The maximum atomic E-state index is 2.42. The van der Waals surface area contributed by atoms with Crippen molar-refractivity contribution in [3.63, 3.8) is 0 Å². The summed E-state index contributed by atoms with van der Waals surface area (Å²) >= 11 is 0. The van der Waals surface area contributed by atoms with Crippen LogP contribution in [0.25, 0.3) is 0 Å². The Morgan fingerprint density at radius 1 is 0.875 bits per heavy atom. The van der Waals surface area contributed by atoms with E-state index in [4.69, 9.17) is 0 Å². The van der Waals surface area contributed by atoms with E-state index >= 15 is 0 Å². The molecule has 96 valence electrons. The van der Waals surface area contributed by atoms with Crippen LogP contribution in [0.2, 0.25) is 0 Å². The maximum absolute atomic E-state index is 2.42. The third-order valence-electron chi connectivity index (χ3n) is 4.76. The molecule has 0 atom stereocenters. The highest BCUT2D eigenvalue weighted by molar-refractivity contribution is 4.73. The van der Waals surface area contributed by atoms with E-state index in [9.17, 15) is 0 Å². The van der Waals surface area contributed by atoms with Gasteiger partial charge in [0.1, 0.15) is 0 Å². The monoisotopic (exact) mass is 224 g/mol. The lowest BCUT2D eigenvalue weighted by Gasteiger charge is -2.30. The molecule has 0 saturated heterocycles. The molecule has 16 heavy (non-hydrogen) atoms. The molecule has 1 rings (SSSR count). The molecule has 0 amide bonds. The van der Waals surface area contributed by atoms with Crippen molar-refractivity contribution in [3.05, 3.63) is 0 Å². The fraction of sp³-hybridized carbons (Fsp3) is 1.00. The van der Waals surface area contributed by atoms with E-state index in [0.717, 1.165) is 29.6 Å². The Kier molecular flexibility index (Phi) is 5.86. The summed E-state index contributed by atoms with van der Waals surface area (Å²) in [5, 5.41) is 0. The first-order valence-corrected chi connectivity index (χ1v) is 7.50. The van der Waals surface area contributed by atoms with Gasteiger partial charge < -0.3 is 0 Å². The molecule has 0 radical (unpaired) electrons. The molecule has 0 bridgehead atoms. The summed E-state index contributed by atoms with van der Waals surface area (Å²) in [5.41, 5.74) is 0. The van der Waals surface area contributed by atoms with Crippen LogP contribution >= 0.6 is 0 Å². The largest absolute Gasteiger partial charge is 0.0625 e. The van der Waals surface area contributed by atoms with Crippen LogP contribution in [-0.4, -0.2) is 0 Å². The Bertz CT molecular complexity index is 164. The molecule has 1 saturated carbocycles.